The molecule has 12 aromatic rings. The molecule has 0 radical (unpaired) electrons. The van der Waals surface area contributed by atoms with E-state index in [1.807, 2.05) is 0 Å². The van der Waals surface area contributed by atoms with Gasteiger partial charge in [0, 0.05) is 39.2 Å². The van der Waals surface area contributed by atoms with Gasteiger partial charge in [0.1, 0.15) is 23.0 Å². The number of hydrogen-bond donors (Lipinski definition) is 0. The van der Waals surface area contributed by atoms with Gasteiger partial charge >= 0.3 is 0 Å². The summed E-state index contributed by atoms with van der Waals surface area (Å²) >= 11 is 0. The molecule has 3 heteroatoms. The van der Waals surface area contributed by atoms with Crippen LogP contribution in [-0.4, -0.2) is 0 Å². The van der Waals surface area contributed by atoms with Crippen LogP contribution in [0, 0.1) is 0 Å². The second-order valence-corrected chi connectivity index (χ2v) is 20.6. The molecule has 0 amide bonds. The van der Waals surface area contributed by atoms with Crippen molar-refractivity contribution in [2.75, 3.05) is 4.90 Å². The van der Waals surface area contributed by atoms with Gasteiger partial charge in [-0.1, -0.05) is 218 Å². The number of anilines is 3. The van der Waals surface area contributed by atoms with Crippen molar-refractivity contribution in [1.29, 1.82) is 0 Å². The third-order valence-electron chi connectivity index (χ3n) is 16.8. The molecular weight excluding hydrogens is 935 g/mol. The number of hydrogen-bond acceptors (Lipinski definition) is 3. The average Bonchev–Trinajstić information content (AvgIpc) is 3.85. The third-order valence-corrected chi connectivity index (χ3v) is 16.8. The Kier molecular flexibility index (Phi) is 9.47. The minimum Gasteiger partial charge on any atom is -0.457 e. The van der Waals surface area contributed by atoms with Crippen LogP contribution in [0.1, 0.15) is 44.5 Å². The highest BCUT2D eigenvalue weighted by molar-refractivity contribution is 5.96. The molecule has 77 heavy (non-hydrogen) atoms. The van der Waals surface area contributed by atoms with Crippen molar-refractivity contribution >= 4 is 17.1 Å². The molecule has 2 heterocycles. The number of ether oxygens (including phenoxy) is 2. The third kappa shape index (κ3) is 6.20. The first-order chi connectivity index (χ1) is 38.2. The lowest BCUT2D eigenvalue weighted by atomic mass is 9.66. The van der Waals surface area contributed by atoms with E-state index in [1.54, 1.807) is 0 Å². The van der Waals surface area contributed by atoms with E-state index in [1.165, 1.54) is 55.6 Å². The van der Waals surface area contributed by atoms with Crippen LogP contribution in [0.15, 0.2) is 285 Å². The van der Waals surface area contributed by atoms with Gasteiger partial charge in [0.2, 0.25) is 0 Å². The Labute approximate surface area is 448 Å². The molecule has 0 bridgehead atoms. The number of nitrogens with zero attached hydrogens (tertiary/aromatic N) is 1. The summed E-state index contributed by atoms with van der Waals surface area (Å²) in [6, 6.07) is 104. The first-order valence-electron chi connectivity index (χ1n) is 26.6. The Balaban J connectivity index is 0.871. The SMILES string of the molecule is c1ccc(-c2ccc(N(c3cccc(-c4ccc5c(c4)C4(c6ccccc6Oc6ccccc64)c4ccccc4-5)c3)c3ccccc3-c3ccc4c(c3)-c3ccccc3C43c4ccccc4Oc4ccccc43)cc2)cc1. The van der Waals surface area contributed by atoms with E-state index in [-0.39, 0.29) is 0 Å². The quantitative estimate of drug-likeness (QED) is 0.166. The van der Waals surface area contributed by atoms with E-state index in [9.17, 15) is 0 Å². The number of fused-ring (bicyclic) bond motifs is 18. The predicted molar refractivity (Wildman–Crippen MR) is 312 cm³/mol. The van der Waals surface area contributed by atoms with Gasteiger partial charge in [0.25, 0.3) is 0 Å². The van der Waals surface area contributed by atoms with Crippen molar-refractivity contribution in [3.8, 4) is 78.6 Å². The number of rotatable bonds is 6. The van der Waals surface area contributed by atoms with Gasteiger partial charge in [-0.25, -0.2) is 0 Å². The van der Waals surface area contributed by atoms with Crippen LogP contribution >= 0.6 is 0 Å². The first-order valence-corrected chi connectivity index (χ1v) is 26.6. The van der Waals surface area contributed by atoms with Crippen LogP contribution in [0.3, 0.4) is 0 Å². The summed E-state index contributed by atoms with van der Waals surface area (Å²) in [5.74, 6) is 3.56. The van der Waals surface area contributed by atoms with Gasteiger partial charge in [0.15, 0.2) is 0 Å². The smallest absolute Gasteiger partial charge is 0.132 e. The van der Waals surface area contributed by atoms with Crippen LogP contribution < -0.4 is 14.4 Å². The highest BCUT2D eigenvalue weighted by atomic mass is 16.5. The zero-order chi connectivity index (χ0) is 50.7. The number of benzene rings is 12. The largest absolute Gasteiger partial charge is 0.457 e. The van der Waals surface area contributed by atoms with Crippen LogP contribution in [0.4, 0.5) is 17.1 Å². The minimum atomic E-state index is -0.565. The summed E-state index contributed by atoms with van der Waals surface area (Å²) in [7, 11) is 0. The molecule has 0 unspecified atom stereocenters. The van der Waals surface area contributed by atoms with Gasteiger partial charge in [-0.3, -0.25) is 0 Å². The lowest BCUT2D eigenvalue weighted by molar-refractivity contribution is 0.436. The van der Waals surface area contributed by atoms with Gasteiger partial charge in [-0.2, -0.15) is 0 Å². The molecule has 0 aromatic heterocycles. The standard InChI is InChI=1S/C74H47NO2/c1-2-19-48(20-3-1)49-37-41-53(42-38-49)75(54-22-18-21-50(45-54)51-39-43-58-56-24-4-7-26-60(56)74(67(58)47-51)65-30-11-16-35-71(65)77-72-36-17-12-31-66(72)74)68-32-13-6-23-55(68)52-40-44-62-59(46-52)57-25-5-8-27-61(57)73(62)63-28-9-14-33-69(63)76-70-34-15-10-29-64(70)73/h1-47H. The normalized spacial score (nSPS) is 13.9. The maximum atomic E-state index is 6.69. The Bertz CT molecular complexity index is 4270. The summed E-state index contributed by atoms with van der Waals surface area (Å²) in [6.45, 7) is 0. The van der Waals surface area contributed by atoms with Crippen molar-refractivity contribution < 1.29 is 9.47 Å². The zero-order valence-corrected chi connectivity index (χ0v) is 41.9. The van der Waals surface area contributed by atoms with Crippen molar-refractivity contribution in [1.82, 2.24) is 0 Å². The first kappa shape index (κ1) is 43.4. The van der Waals surface area contributed by atoms with Crippen LogP contribution in [0.2, 0.25) is 0 Å². The van der Waals surface area contributed by atoms with Crippen molar-refractivity contribution in [2.24, 2.45) is 0 Å². The maximum Gasteiger partial charge on any atom is 0.132 e. The van der Waals surface area contributed by atoms with E-state index in [4.69, 9.17) is 9.47 Å². The van der Waals surface area contributed by atoms with E-state index < -0.39 is 10.8 Å². The van der Waals surface area contributed by atoms with Gasteiger partial charge in [0.05, 0.1) is 16.5 Å². The highest BCUT2D eigenvalue weighted by Crippen LogP contribution is 2.64. The van der Waals surface area contributed by atoms with Crippen molar-refractivity contribution in [3.05, 3.63) is 330 Å². The fourth-order valence-electron chi connectivity index (χ4n) is 13.7. The molecule has 0 fully saturated rings. The lowest BCUT2D eigenvalue weighted by Gasteiger charge is -2.39. The Morgan fingerprint density at radius 2 is 0.636 bits per heavy atom. The van der Waals surface area contributed by atoms with Gasteiger partial charge < -0.3 is 14.4 Å². The fourth-order valence-corrected chi connectivity index (χ4v) is 13.7. The second-order valence-electron chi connectivity index (χ2n) is 20.6. The summed E-state index contributed by atoms with van der Waals surface area (Å²) in [5.41, 5.74) is 23.7. The molecule has 0 atom stereocenters. The fraction of sp³-hybridized carbons (Fsp3) is 0.0270. The van der Waals surface area contributed by atoms with E-state index in [0.29, 0.717) is 0 Å². The molecule has 2 aliphatic carbocycles. The molecule has 0 saturated carbocycles. The molecule has 360 valence electrons. The molecule has 16 rings (SSSR count). The molecule has 4 aliphatic rings. The zero-order valence-electron chi connectivity index (χ0n) is 41.9. The molecular formula is C74H47NO2. The monoisotopic (exact) mass is 981 g/mol. The summed E-state index contributed by atoms with van der Waals surface area (Å²) in [6.07, 6.45) is 0. The second kappa shape index (κ2) is 16.8. The van der Waals surface area contributed by atoms with Crippen LogP contribution in [-0.2, 0) is 10.8 Å². The number of para-hydroxylation sites is 5. The topological polar surface area (TPSA) is 21.7 Å². The Morgan fingerprint density at radius 3 is 1.25 bits per heavy atom. The molecule has 0 saturated heterocycles. The van der Waals surface area contributed by atoms with Crippen molar-refractivity contribution in [2.45, 2.75) is 10.8 Å². The predicted octanol–water partition coefficient (Wildman–Crippen LogP) is 19.1. The lowest BCUT2D eigenvalue weighted by Crippen LogP contribution is -2.32. The maximum absolute atomic E-state index is 6.69. The van der Waals surface area contributed by atoms with Crippen molar-refractivity contribution in [3.63, 3.8) is 0 Å². The Morgan fingerprint density at radius 1 is 0.221 bits per heavy atom. The van der Waals surface area contributed by atoms with E-state index >= 15 is 0 Å². The van der Waals surface area contributed by atoms with Crippen LogP contribution in [0.5, 0.6) is 23.0 Å². The summed E-state index contributed by atoms with van der Waals surface area (Å²) < 4.78 is 13.3. The Hall–Kier alpha value is -9.96. The van der Waals surface area contributed by atoms with Gasteiger partial charge in [-0.15, -0.1) is 0 Å². The molecule has 2 spiro atoms. The van der Waals surface area contributed by atoms with Gasteiger partial charge in [-0.05, 0) is 139 Å². The molecule has 3 nitrogen and oxygen atoms in total. The molecule has 0 N–H and O–H groups in total. The summed E-state index contributed by atoms with van der Waals surface area (Å²) in [5, 5.41) is 0. The highest BCUT2D eigenvalue weighted by Gasteiger charge is 2.52. The average molecular weight is 982 g/mol. The molecule has 2 aliphatic heterocycles. The minimum absolute atomic E-state index is 0.542. The molecule has 12 aromatic carbocycles. The van der Waals surface area contributed by atoms with E-state index in [2.05, 4.69) is 290 Å². The van der Waals surface area contributed by atoms with E-state index in [0.717, 1.165) is 84.6 Å². The van der Waals surface area contributed by atoms with Crippen LogP contribution in [0.25, 0.3) is 55.6 Å². The summed E-state index contributed by atoms with van der Waals surface area (Å²) in [4.78, 5) is 2.44.